The molecule has 0 aliphatic carbocycles. The van der Waals surface area contributed by atoms with Gasteiger partial charge in [0.25, 0.3) is 0 Å². The van der Waals surface area contributed by atoms with E-state index in [1.807, 2.05) is 0 Å². The van der Waals surface area contributed by atoms with Crippen molar-refractivity contribution in [2.45, 2.75) is 32.3 Å². The Balaban J connectivity index is 2.00. The third-order valence-electron chi connectivity index (χ3n) is 2.68. The number of hydrogen-bond acceptors (Lipinski definition) is 5. The Morgan fingerprint density at radius 1 is 1.53 bits per heavy atom. The summed E-state index contributed by atoms with van der Waals surface area (Å²) in [6.45, 7) is 4.04. The SMILES string of the molecule is CC(=O)O[C@@H]1C=C[C@@H](N2CCOC2=O)O[C@H]1C. The molecule has 1 fully saturated rings. The Morgan fingerprint density at radius 3 is 2.82 bits per heavy atom. The average molecular weight is 241 g/mol. The van der Waals surface area contributed by atoms with Crippen molar-refractivity contribution in [1.82, 2.24) is 4.90 Å². The third kappa shape index (κ3) is 2.58. The number of ether oxygens (including phenoxy) is 3. The van der Waals surface area contributed by atoms with Crippen molar-refractivity contribution in [3.63, 3.8) is 0 Å². The largest absolute Gasteiger partial charge is 0.456 e. The van der Waals surface area contributed by atoms with Crippen LogP contribution in [-0.2, 0) is 19.0 Å². The molecular weight excluding hydrogens is 226 g/mol. The lowest BCUT2D eigenvalue weighted by Gasteiger charge is -2.32. The summed E-state index contributed by atoms with van der Waals surface area (Å²) in [5, 5.41) is 0. The molecule has 2 rings (SSSR count). The number of amides is 1. The molecule has 0 aromatic rings. The van der Waals surface area contributed by atoms with Gasteiger partial charge in [0.2, 0.25) is 0 Å². The first-order valence-corrected chi connectivity index (χ1v) is 5.52. The van der Waals surface area contributed by atoms with Crippen LogP contribution in [0.4, 0.5) is 4.79 Å². The van der Waals surface area contributed by atoms with Gasteiger partial charge in [-0.3, -0.25) is 9.69 Å². The molecule has 0 radical (unpaired) electrons. The van der Waals surface area contributed by atoms with Crippen molar-refractivity contribution in [3.05, 3.63) is 12.2 Å². The highest BCUT2D eigenvalue weighted by Crippen LogP contribution is 2.20. The molecule has 0 N–H and O–H groups in total. The van der Waals surface area contributed by atoms with E-state index in [0.29, 0.717) is 13.2 Å². The van der Waals surface area contributed by atoms with Crippen LogP contribution in [0, 0.1) is 0 Å². The van der Waals surface area contributed by atoms with Crippen molar-refractivity contribution in [2.24, 2.45) is 0 Å². The highest BCUT2D eigenvalue weighted by atomic mass is 16.6. The number of carbonyl (C=O) groups is 2. The average Bonchev–Trinajstić information content (AvgIpc) is 2.67. The van der Waals surface area contributed by atoms with E-state index in [9.17, 15) is 9.59 Å². The quantitative estimate of drug-likeness (QED) is 0.525. The minimum Gasteiger partial charge on any atom is -0.456 e. The van der Waals surface area contributed by atoms with Gasteiger partial charge >= 0.3 is 12.1 Å². The Hall–Kier alpha value is -1.56. The smallest absolute Gasteiger partial charge is 0.412 e. The maximum absolute atomic E-state index is 11.3. The Bertz CT molecular complexity index is 354. The lowest BCUT2D eigenvalue weighted by molar-refractivity contribution is -0.157. The maximum atomic E-state index is 11.3. The second kappa shape index (κ2) is 4.75. The minimum absolute atomic E-state index is 0.290. The van der Waals surface area contributed by atoms with Crippen LogP contribution < -0.4 is 0 Å². The molecule has 1 amide bonds. The van der Waals surface area contributed by atoms with Crippen molar-refractivity contribution in [1.29, 1.82) is 0 Å². The zero-order valence-electron chi connectivity index (χ0n) is 9.79. The van der Waals surface area contributed by atoms with Gasteiger partial charge in [-0.25, -0.2) is 4.79 Å². The van der Waals surface area contributed by atoms with E-state index in [4.69, 9.17) is 14.2 Å². The van der Waals surface area contributed by atoms with E-state index in [-0.39, 0.29) is 18.2 Å². The third-order valence-corrected chi connectivity index (χ3v) is 2.68. The zero-order valence-corrected chi connectivity index (χ0v) is 9.79. The van der Waals surface area contributed by atoms with Crippen LogP contribution in [-0.4, -0.2) is 48.5 Å². The van der Waals surface area contributed by atoms with Gasteiger partial charge in [0, 0.05) is 6.92 Å². The standard InChI is InChI=1S/C11H15NO5/c1-7-9(17-8(2)13)3-4-10(16-7)12-5-6-15-11(12)14/h3-4,7,9-10H,5-6H2,1-2H3/t7-,9+,10-/m0/s1. The van der Waals surface area contributed by atoms with Crippen LogP contribution in [0.3, 0.4) is 0 Å². The Kier molecular flexibility index (Phi) is 3.33. The first kappa shape index (κ1) is 11.9. The molecule has 6 heteroatoms. The highest BCUT2D eigenvalue weighted by Gasteiger charge is 2.34. The fourth-order valence-electron chi connectivity index (χ4n) is 1.84. The predicted octanol–water partition coefficient (Wildman–Crippen LogP) is 0.671. The lowest BCUT2D eigenvalue weighted by atomic mass is 10.1. The van der Waals surface area contributed by atoms with E-state index >= 15 is 0 Å². The van der Waals surface area contributed by atoms with Gasteiger partial charge in [0.05, 0.1) is 12.6 Å². The van der Waals surface area contributed by atoms with E-state index in [1.165, 1.54) is 11.8 Å². The number of nitrogens with zero attached hydrogens (tertiary/aromatic N) is 1. The van der Waals surface area contributed by atoms with Gasteiger partial charge in [-0.15, -0.1) is 0 Å². The molecule has 1 saturated heterocycles. The molecular formula is C11H15NO5. The molecule has 6 nitrogen and oxygen atoms in total. The fraction of sp³-hybridized carbons (Fsp3) is 0.636. The Morgan fingerprint density at radius 2 is 2.29 bits per heavy atom. The number of esters is 1. The van der Waals surface area contributed by atoms with Gasteiger partial charge in [-0.2, -0.15) is 0 Å². The molecule has 0 spiro atoms. The van der Waals surface area contributed by atoms with Crippen LogP contribution in [0.5, 0.6) is 0 Å². The summed E-state index contributed by atoms with van der Waals surface area (Å²) in [6.07, 6.45) is 1.95. The fourth-order valence-corrected chi connectivity index (χ4v) is 1.84. The molecule has 2 aliphatic heterocycles. The lowest BCUT2D eigenvalue weighted by Crippen LogP contribution is -2.44. The van der Waals surface area contributed by atoms with E-state index < -0.39 is 12.3 Å². The number of hydrogen-bond donors (Lipinski definition) is 0. The molecule has 2 aliphatic rings. The number of cyclic esters (lactones) is 1. The van der Waals surface area contributed by atoms with Crippen molar-refractivity contribution >= 4 is 12.1 Å². The molecule has 0 aromatic heterocycles. The van der Waals surface area contributed by atoms with Crippen LogP contribution in [0.15, 0.2) is 12.2 Å². The van der Waals surface area contributed by atoms with Gasteiger partial charge in [0.1, 0.15) is 12.7 Å². The molecule has 17 heavy (non-hydrogen) atoms. The van der Waals surface area contributed by atoms with E-state index in [1.54, 1.807) is 19.1 Å². The van der Waals surface area contributed by atoms with Crippen molar-refractivity contribution < 1.29 is 23.8 Å². The highest BCUT2D eigenvalue weighted by molar-refractivity contribution is 5.70. The first-order chi connectivity index (χ1) is 8.08. The van der Waals surface area contributed by atoms with Gasteiger partial charge in [-0.1, -0.05) is 0 Å². The molecule has 0 bridgehead atoms. The molecule has 0 aromatic carbocycles. The van der Waals surface area contributed by atoms with Crippen molar-refractivity contribution in [3.8, 4) is 0 Å². The van der Waals surface area contributed by atoms with Gasteiger partial charge < -0.3 is 14.2 Å². The molecule has 0 saturated carbocycles. The van der Waals surface area contributed by atoms with Gasteiger partial charge in [0.15, 0.2) is 6.23 Å². The summed E-state index contributed by atoms with van der Waals surface area (Å²) in [4.78, 5) is 23.7. The maximum Gasteiger partial charge on any atom is 0.412 e. The van der Waals surface area contributed by atoms with Gasteiger partial charge in [-0.05, 0) is 19.1 Å². The summed E-state index contributed by atoms with van der Waals surface area (Å²) in [5.41, 5.74) is 0. The van der Waals surface area contributed by atoms with Crippen molar-refractivity contribution in [2.75, 3.05) is 13.2 Å². The molecule has 3 atom stereocenters. The minimum atomic E-state index is -0.438. The predicted molar refractivity (Wildman–Crippen MR) is 57.1 cm³/mol. The van der Waals surface area contributed by atoms with Crippen LogP contribution in [0.25, 0.3) is 0 Å². The summed E-state index contributed by atoms with van der Waals surface area (Å²) < 4.78 is 15.5. The number of rotatable bonds is 2. The summed E-state index contributed by atoms with van der Waals surface area (Å²) in [7, 11) is 0. The summed E-state index contributed by atoms with van der Waals surface area (Å²) in [6, 6.07) is 0. The number of carbonyl (C=O) groups excluding carboxylic acids is 2. The molecule has 0 unspecified atom stereocenters. The summed E-state index contributed by atoms with van der Waals surface area (Å²) in [5.74, 6) is -0.353. The van der Waals surface area contributed by atoms with Crippen LogP contribution in [0.1, 0.15) is 13.8 Å². The van der Waals surface area contributed by atoms with Crippen LogP contribution in [0.2, 0.25) is 0 Å². The second-order valence-corrected chi connectivity index (χ2v) is 4.00. The first-order valence-electron chi connectivity index (χ1n) is 5.52. The normalized spacial score (nSPS) is 32.5. The van der Waals surface area contributed by atoms with Crippen LogP contribution >= 0.6 is 0 Å². The van der Waals surface area contributed by atoms with E-state index in [2.05, 4.69) is 0 Å². The van der Waals surface area contributed by atoms with E-state index in [0.717, 1.165) is 0 Å². The zero-order chi connectivity index (χ0) is 12.4. The topological polar surface area (TPSA) is 65.1 Å². The molecule has 2 heterocycles. The Labute approximate surface area is 99.1 Å². The molecule has 94 valence electrons. The second-order valence-electron chi connectivity index (χ2n) is 4.00. The monoisotopic (exact) mass is 241 g/mol. The summed E-state index contributed by atoms with van der Waals surface area (Å²) >= 11 is 0.